The number of rotatable bonds is 8. The fourth-order valence-electron chi connectivity index (χ4n) is 2.67. The molecule has 0 aromatic heterocycles. The van der Waals surface area contributed by atoms with Crippen LogP contribution in [-0.4, -0.2) is 38.9 Å². The van der Waals surface area contributed by atoms with Crippen LogP contribution < -0.4 is 14.8 Å². The van der Waals surface area contributed by atoms with E-state index in [9.17, 15) is 10.1 Å². The van der Waals surface area contributed by atoms with E-state index in [1.807, 2.05) is 32.0 Å². The summed E-state index contributed by atoms with van der Waals surface area (Å²) in [6.07, 6.45) is 3.17. The van der Waals surface area contributed by atoms with Crippen LogP contribution in [0, 0.1) is 11.3 Å². The number of carbonyl (C=O) groups is 1. The molecule has 0 saturated carbocycles. The lowest BCUT2D eigenvalue weighted by atomic mass is 10.0. The van der Waals surface area contributed by atoms with Gasteiger partial charge < -0.3 is 19.5 Å². The number of ether oxygens (including phenoxy) is 3. The molecule has 25 heavy (non-hydrogen) atoms. The smallest absolute Gasteiger partial charge is 0.261 e. The highest BCUT2D eigenvalue weighted by molar-refractivity contribution is 6.02. The highest BCUT2D eigenvalue weighted by Gasteiger charge is 2.22. The summed E-state index contributed by atoms with van der Waals surface area (Å²) in [6, 6.07) is 5.72. The Bertz CT molecular complexity index is 691. The van der Waals surface area contributed by atoms with E-state index in [4.69, 9.17) is 14.2 Å². The summed E-state index contributed by atoms with van der Waals surface area (Å²) in [4.78, 5) is 12.2. The van der Waals surface area contributed by atoms with E-state index in [-0.39, 0.29) is 11.7 Å². The molecule has 6 heteroatoms. The van der Waals surface area contributed by atoms with Crippen molar-refractivity contribution in [3.63, 3.8) is 0 Å². The van der Waals surface area contributed by atoms with Crippen molar-refractivity contribution < 1.29 is 19.0 Å². The van der Waals surface area contributed by atoms with Crippen LogP contribution in [0.3, 0.4) is 0 Å². The number of methoxy groups -OCH3 is 1. The number of fused-ring (bicyclic) bond motifs is 1. The molecule has 1 amide bonds. The Morgan fingerprint density at radius 3 is 3.00 bits per heavy atom. The van der Waals surface area contributed by atoms with Gasteiger partial charge in [0.1, 0.15) is 29.2 Å². The van der Waals surface area contributed by atoms with Gasteiger partial charge in [0.05, 0.1) is 6.61 Å². The van der Waals surface area contributed by atoms with Gasteiger partial charge in [0.15, 0.2) is 0 Å². The van der Waals surface area contributed by atoms with E-state index in [0.29, 0.717) is 37.5 Å². The summed E-state index contributed by atoms with van der Waals surface area (Å²) in [5.41, 5.74) is 1.78. The van der Waals surface area contributed by atoms with Crippen molar-refractivity contribution in [1.82, 2.24) is 5.32 Å². The van der Waals surface area contributed by atoms with Gasteiger partial charge >= 0.3 is 0 Å². The first-order valence-corrected chi connectivity index (χ1v) is 8.44. The third-order valence-electron chi connectivity index (χ3n) is 3.80. The zero-order valence-electron chi connectivity index (χ0n) is 14.9. The molecule has 0 aliphatic carbocycles. The largest absolute Gasteiger partial charge is 0.493 e. The highest BCUT2D eigenvalue weighted by atomic mass is 16.5. The number of nitrogens with one attached hydrogen (secondary N) is 1. The van der Waals surface area contributed by atoms with Crippen LogP contribution in [0.5, 0.6) is 11.5 Å². The fourth-order valence-corrected chi connectivity index (χ4v) is 2.67. The van der Waals surface area contributed by atoms with Crippen LogP contribution in [0.25, 0.3) is 6.08 Å². The molecule has 0 saturated heterocycles. The van der Waals surface area contributed by atoms with Gasteiger partial charge in [0.2, 0.25) is 0 Å². The number of carbonyl (C=O) groups excluding carboxylic acids is 1. The second-order valence-electron chi connectivity index (χ2n) is 5.84. The maximum atomic E-state index is 12.2. The average Bonchev–Trinajstić information content (AvgIpc) is 2.95. The normalized spacial score (nSPS) is 15.9. The number of amides is 1. The van der Waals surface area contributed by atoms with Crippen LogP contribution in [0.1, 0.15) is 31.4 Å². The molecular formula is C19H24N2O4. The lowest BCUT2D eigenvalue weighted by Gasteiger charge is -2.11. The molecule has 134 valence electrons. The zero-order chi connectivity index (χ0) is 18.2. The molecule has 0 fully saturated rings. The van der Waals surface area contributed by atoms with Gasteiger partial charge in [0.25, 0.3) is 5.91 Å². The van der Waals surface area contributed by atoms with Gasteiger partial charge in [-0.1, -0.05) is 0 Å². The van der Waals surface area contributed by atoms with E-state index in [1.54, 1.807) is 13.2 Å². The van der Waals surface area contributed by atoms with Crippen LogP contribution in [0.15, 0.2) is 17.7 Å². The van der Waals surface area contributed by atoms with Crippen LogP contribution >= 0.6 is 0 Å². The molecule has 0 radical (unpaired) electrons. The lowest BCUT2D eigenvalue weighted by molar-refractivity contribution is -0.117. The van der Waals surface area contributed by atoms with Crippen molar-refractivity contribution in [3.8, 4) is 17.6 Å². The first-order chi connectivity index (χ1) is 12.1. The summed E-state index contributed by atoms with van der Waals surface area (Å²) in [5.74, 6) is 1.02. The third-order valence-corrected chi connectivity index (χ3v) is 3.80. The second kappa shape index (κ2) is 9.09. The number of nitrogens with zero attached hydrogens (tertiary/aromatic N) is 1. The summed E-state index contributed by atoms with van der Waals surface area (Å²) >= 11 is 0. The minimum Gasteiger partial charge on any atom is -0.493 e. The van der Waals surface area contributed by atoms with E-state index >= 15 is 0 Å². The predicted molar refractivity (Wildman–Crippen MR) is 94.5 cm³/mol. The van der Waals surface area contributed by atoms with Gasteiger partial charge in [0, 0.05) is 37.8 Å². The van der Waals surface area contributed by atoms with E-state index in [1.165, 1.54) is 0 Å². The molecule has 1 heterocycles. The Morgan fingerprint density at radius 2 is 2.32 bits per heavy atom. The topological polar surface area (TPSA) is 80.6 Å². The van der Waals surface area contributed by atoms with Gasteiger partial charge in [-0.3, -0.25) is 4.79 Å². The minimum absolute atomic E-state index is 0.0318. The molecule has 1 aromatic rings. The Hall–Kier alpha value is -2.52. The Balaban J connectivity index is 2.23. The number of hydrogen-bond donors (Lipinski definition) is 1. The van der Waals surface area contributed by atoms with Gasteiger partial charge in [-0.2, -0.15) is 5.26 Å². The average molecular weight is 344 g/mol. The maximum Gasteiger partial charge on any atom is 0.261 e. The van der Waals surface area contributed by atoms with Crippen molar-refractivity contribution >= 4 is 12.0 Å². The Kier molecular flexibility index (Phi) is 6.84. The lowest BCUT2D eigenvalue weighted by Crippen LogP contribution is -2.26. The molecule has 1 unspecified atom stereocenters. The summed E-state index contributed by atoms with van der Waals surface area (Å²) in [6.45, 7) is 5.41. The summed E-state index contributed by atoms with van der Waals surface area (Å²) in [7, 11) is 1.61. The molecule has 1 atom stereocenters. The molecule has 1 aliphatic heterocycles. The van der Waals surface area contributed by atoms with Crippen molar-refractivity contribution in [2.45, 2.75) is 32.8 Å². The zero-order valence-corrected chi connectivity index (χ0v) is 14.9. The predicted octanol–water partition coefficient (Wildman–Crippen LogP) is 2.47. The number of hydrogen-bond acceptors (Lipinski definition) is 5. The molecule has 1 aromatic carbocycles. The quantitative estimate of drug-likeness (QED) is 0.445. The van der Waals surface area contributed by atoms with Crippen LogP contribution in [-0.2, 0) is 16.0 Å². The molecule has 1 aliphatic rings. The van der Waals surface area contributed by atoms with E-state index in [0.717, 1.165) is 17.7 Å². The molecule has 2 rings (SSSR count). The Labute approximate surface area is 148 Å². The van der Waals surface area contributed by atoms with Gasteiger partial charge in [-0.15, -0.1) is 0 Å². The van der Waals surface area contributed by atoms with Gasteiger partial charge in [-0.05, 0) is 38.5 Å². The minimum atomic E-state index is -0.407. The third kappa shape index (κ3) is 4.97. The fraction of sp³-hybridized carbons (Fsp3) is 0.474. The van der Waals surface area contributed by atoms with Crippen LogP contribution in [0.4, 0.5) is 0 Å². The van der Waals surface area contributed by atoms with Crippen molar-refractivity contribution in [1.29, 1.82) is 5.26 Å². The molecular weight excluding hydrogens is 320 g/mol. The Morgan fingerprint density at radius 1 is 1.52 bits per heavy atom. The molecule has 0 bridgehead atoms. The standard InChI is InChI=1S/C19H24N2O4/c1-4-24-17-10-14-8-13(2)25-18(14)11-15(17)9-16(12-20)19(22)21-6-5-7-23-3/h9-11,13H,4-8H2,1-3H3,(H,21,22)/b16-9-. The van der Waals surface area contributed by atoms with Crippen molar-refractivity contribution in [2.75, 3.05) is 26.9 Å². The first kappa shape index (κ1) is 18.8. The van der Waals surface area contributed by atoms with Crippen molar-refractivity contribution in [3.05, 3.63) is 28.8 Å². The van der Waals surface area contributed by atoms with Crippen molar-refractivity contribution in [2.24, 2.45) is 0 Å². The molecule has 6 nitrogen and oxygen atoms in total. The van der Waals surface area contributed by atoms with Crippen LogP contribution in [0.2, 0.25) is 0 Å². The maximum absolute atomic E-state index is 12.2. The first-order valence-electron chi connectivity index (χ1n) is 8.44. The van der Waals surface area contributed by atoms with Gasteiger partial charge in [-0.25, -0.2) is 0 Å². The number of benzene rings is 1. The summed E-state index contributed by atoms with van der Waals surface area (Å²) in [5, 5.41) is 12.1. The monoisotopic (exact) mass is 344 g/mol. The molecule has 1 N–H and O–H groups in total. The van der Waals surface area contributed by atoms with E-state index < -0.39 is 5.91 Å². The molecule has 0 spiro atoms. The highest BCUT2D eigenvalue weighted by Crippen LogP contribution is 2.36. The van der Waals surface area contributed by atoms with E-state index in [2.05, 4.69) is 5.32 Å². The summed E-state index contributed by atoms with van der Waals surface area (Å²) < 4.78 is 16.4. The second-order valence-corrected chi connectivity index (χ2v) is 5.84. The number of nitriles is 1. The SMILES string of the molecule is CCOc1cc2c(cc1/C=C(/C#N)C(=O)NCCCOC)OC(C)C2.